The molecule has 3 rings (SSSR count). The molecule has 9 nitrogen and oxygen atoms in total. The summed E-state index contributed by atoms with van der Waals surface area (Å²) in [5.74, 6) is 0.0806. The molecule has 1 aromatic carbocycles. The fourth-order valence-electron chi connectivity index (χ4n) is 3.26. The van der Waals surface area contributed by atoms with Crippen LogP contribution < -0.4 is 10.5 Å². The second-order valence-corrected chi connectivity index (χ2v) is 7.43. The number of morpholine rings is 1. The number of hydrogen-bond donors (Lipinski definition) is 1. The predicted octanol–water partition coefficient (Wildman–Crippen LogP) is 1.26. The van der Waals surface area contributed by atoms with Crippen molar-refractivity contribution < 1.29 is 19.1 Å². The highest BCUT2D eigenvalue weighted by molar-refractivity contribution is 6.30. The molecule has 2 aromatic rings. The molecule has 0 spiro atoms. The van der Waals surface area contributed by atoms with Gasteiger partial charge in [0.15, 0.2) is 0 Å². The molecule has 156 valence electrons. The first-order valence-electron chi connectivity index (χ1n) is 9.37. The average molecular weight is 422 g/mol. The molecule has 0 unspecified atom stereocenters. The predicted molar refractivity (Wildman–Crippen MR) is 105 cm³/mol. The fourth-order valence-corrected chi connectivity index (χ4v) is 3.39. The molecule has 0 saturated carbocycles. The van der Waals surface area contributed by atoms with Crippen molar-refractivity contribution in [3.8, 4) is 5.75 Å². The van der Waals surface area contributed by atoms with Gasteiger partial charge in [-0.3, -0.25) is 14.3 Å². The molecule has 2 N–H and O–H groups in total. The number of carbonyl (C=O) groups is 2. The van der Waals surface area contributed by atoms with Crippen LogP contribution in [0.2, 0.25) is 5.02 Å². The first-order chi connectivity index (χ1) is 14.0. The SMILES string of the molecule is NC(=O)C[C@]1(COc2ccc(Cl)cc2)CN(C(=O)CCCn2cncn2)CCO1. The monoisotopic (exact) mass is 421 g/mol. The molecule has 1 fully saturated rings. The van der Waals surface area contributed by atoms with Crippen LogP contribution in [-0.4, -0.2) is 63.4 Å². The van der Waals surface area contributed by atoms with Crippen molar-refractivity contribution in [1.82, 2.24) is 19.7 Å². The highest BCUT2D eigenvalue weighted by Crippen LogP contribution is 2.25. The van der Waals surface area contributed by atoms with Gasteiger partial charge in [0.1, 0.15) is 30.6 Å². The Morgan fingerprint density at radius 3 is 2.79 bits per heavy atom. The minimum Gasteiger partial charge on any atom is -0.490 e. The highest BCUT2D eigenvalue weighted by atomic mass is 35.5. The summed E-state index contributed by atoms with van der Waals surface area (Å²) in [5.41, 5.74) is 4.46. The van der Waals surface area contributed by atoms with Crippen molar-refractivity contribution in [3.63, 3.8) is 0 Å². The maximum Gasteiger partial charge on any atom is 0.222 e. The van der Waals surface area contributed by atoms with Gasteiger partial charge in [0, 0.05) is 24.5 Å². The largest absolute Gasteiger partial charge is 0.490 e. The zero-order valence-corrected chi connectivity index (χ0v) is 16.8. The molecule has 2 heterocycles. The number of halogens is 1. The molecular weight excluding hydrogens is 398 g/mol. The third-order valence-electron chi connectivity index (χ3n) is 4.66. The summed E-state index contributed by atoms with van der Waals surface area (Å²) in [4.78, 5) is 29.9. The van der Waals surface area contributed by atoms with E-state index in [9.17, 15) is 9.59 Å². The first-order valence-corrected chi connectivity index (χ1v) is 9.74. The van der Waals surface area contributed by atoms with Crippen LogP contribution in [0.5, 0.6) is 5.75 Å². The van der Waals surface area contributed by atoms with E-state index in [0.29, 0.717) is 43.3 Å². The molecular formula is C19H24ClN5O4. The van der Waals surface area contributed by atoms with Crippen LogP contribution in [0.25, 0.3) is 0 Å². The summed E-state index contributed by atoms with van der Waals surface area (Å²) in [5, 5.41) is 4.62. The molecule has 1 aliphatic rings. The van der Waals surface area contributed by atoms with E-state index in [1.807, 2.05) is 0 Å². The molecule has 2 amide bonds. The average Bonchev–Trinajstić information content (AvgIpc) is 3.21. The Morgan fingerprint density at radius 1 is 1.31 bits per heavy atom. The second kappa shape index (κ2) is 9.71. The molecule has 1 aliphatic heterocycles. The summed E-state index contributed by atoms with van der Waals surface area (Å²) in [6.07, 6.45) is 4.05. The quantitative estimate of drug-likeness (QED) is 0.652. The molecule has 0 radical (unpaired) electrons. The third kappa shape index (κ3) is 6.16. The summed E-state index contributed by atoms with van der Waals surface area (Å²) >= 11 is 5.89. The number of ether oxygens (including phenoxy) is 2. The molecule has 29 heavy (non-hydrogen) atoms. The van der Waals surface area contributed by atoms with E-state index < -0.39 is 11.5 Å². The van der Waals surface area contributed by atoms with E-state index in [-0.39, 0.29) is 25.5 Å². The van der Waals surface area contributed by atoms with E-state index in [1.165, 1.54) is 6.33 Å². The lowest BCUT2D eigenvalue weighted by Gasteiger charge is -2.42. The lowest BCUT2D eigenvalue weighted by atomic mass is 9.97. The smallest absolute Gasteiger partial charge is 0.222 e. The minimum absolute atomic E-state index is 0.00578. The lowest BCUT2D eigenvalue weighted by Crippen LogP contribution is -2.58. The van der Waals surface area contributed by atoms with Gasteiger partial charge >= 0.3 is 0 Å². The zero-order chi connectivity index (χ0) is 20.7. The van der Waals surface area contributed by atoms with Crippen molar-refractivity contribution in [2.75, 3.05) is 26.3 Å². The summed E-state index contributed by atoms with van der Waals surface area (Å²) in [6, 6.07) is 6.89. The number of primary amides is 1. The number of benzene rings is 1. The molecule has 1 atom stereocenters. The van der Waals surface area contributed by atoms with Crippen molar-refractivity contribution in [3.05, 3.63) is 41.9 Å². The van der Waals surface area contributed by atoms with Gasteiger partial charge < -0.3 is 20.1 Å². The number of nitrogens with zero attached hydrogens (tertiary/aromatic N) is 4. The Balaban J connectivity index is 1.59. The number of rotatable bonds is 9. The van der Waals surface area contributed by atoms with Gasteiger partial charge in [-0.05, 0) is 30.7 Å². The van der Waals surface area contributed by atoms with Gasteiger partial charge in [-0.1, -0.05) is 11.6 Å². The van der Waals surface area contributed by atoms with Crippen molar-refractivity contribution in [1.29, 1.82) is 0 Å². The third-order valence-corrected chi connectivity index (χ3v) is 4.91. The fraction of sp³-hybridized carbons (Fsp3) is 0.474. The molecule has 0 bridgehead atoms. The van der Waals surface area contributed by atoms with Crippen LogP contribution in [0.1, 0.15) is 19.3 Å². The van der Waals surface area contributed by atoms with Gasteiger partial charge in [0.25, 0.3) is 0 Å². The standard InChI is InChI=1S/C19H24ClN5O4/c20-15-3-5-16(6-4-15)28-12-19(10-17(21)26)11-24(8-9-29-19)18(27)2-1-7-25-14-22-13-23-25/h3-6,13-14H,1-2,7-12H2,(H2,21,26)/t19-/m1/s1. The maximum atomic E-state index is 12.7. The Bertz CT molecular complexity index is 815. The van der Waals surface area contributed by atoms with Crippen LogP contribution in [0.15, 0.2) is 36.9 Å². The maximum absolute atomic E-state index is 12.7. The number of amides is 2. The summed E-state index contributed by atoms with van der Waals surface area (Å²) < 4.78 is 13.4. The van der Waals surface area contributed by atoms with E-state index in [0.717, 1.165) is 0 Å². The van der Waals surface area contributed by atoms with Crippen molar-refractivity contribution in [2.45, 2.75) is 31.4 Å². The zero-order valence-electron chi connectivity index (χ0n) is 16.0. The lowest BCUT2D eigenvalue weighted by molar-refractivity contribution is -0.161. The molecule has 1 saturated heterocycles. The molecule has 0 aliphatic carbocycles. The molecule has 10 heteroatoms. The van der Waals surface area contributed by atoms with Crippen LogP contribution in [-0.2, 0) is 20.9 Å². The second-order valence-electron chi connectivity index (χ2n) is 6.99. The van der Waals surface area contributed by atoms with Crippen LogP contribution in [0, 0.1) is 0 Å². The van der Waals surface area contributed by atoms with Gasteiger partial charge in [0.05, 0.1) is 19.6 Å². The van der Waals surface area contributed by atoms with E-state index in [4.69, 9.17) is 26.8 Å². The van der Waals surface area contributed by atoms with Gasteiger partial charge in [-0.2, -0.15) is 5.10 Å². The summed E-state index contributed by atoms with van der Waals surface area (Å²) in [6.45, 7) is 1.73. The number of nitrogens with two attached hydrogens (primary N) is 1. The van der Waals surface area contributed by atoms with Gasteiger partial charge in [0.2, 0.25) is 11.8 Å². The Morgan fingerprint density at radius 2 is 2.10 bits per heavy atom. The van der Waals surface area contributed by atoms with Crippen LogP contribution in [0.4, 0.5) is 0 Å². The molecule has 1 aromatic heterocycles. The number of aryl methyl sites for hydroxylation is 1. The normalized spacial score (nSPS) is 19.1. The number of carbonyl (C=O) groups excluding carboxylic acids is 2. The minimum atomic E-state index is -0.981. The van der Waals surface area contributed by atoms with Crippen LogP contribution in [0.3, 0.4) is 0 Å². The van der Waals surface area contributed by atoms with Gasteiger partial charge in [-0.25, -0.2) is 4.98 Å². The number of aromatic nitrogens is 3. The number of hydrogen-bond acceptors (Lipinski definition) is 6. The highest BCUT2D eigenvalue weighted by Gasteiger charge is 2.40. The Kier molecular flexibility index (Phi) is 7.05. The van der Waals surface area contributed by atoms with E-state index in [2.05, 4.69) is 10.1 Å². The Hall–Kier alpha value is -2.65. The van der Waals surface area contributed by atoms with Gasteiger partial charge in [-0.15, -0.1) is 0 Å². The topological polar surface area (TPSA) is 113 Å². The van der Waals surface area contributed by atoms with Crippen LogP contribution >= 0.6 is 11.6 Å². The van der Waals surface area contributed by atoms with E-state index in [1.54, 1.807) is 40.2 Å². The Labute approximate surface area is 173 Å². The first kappa shape index (κ1) is 21.1. The van der Waals surface area contributed by atoms with E-state index >= 15 is 0 Å². The van der Waals surface area contributed by atoms with Crippen molar-refractivity contribution in [2.24, 2.45) is 5.73 Å². The summed E-state index contributed by atoms with van der Waals surface area (Å²) in [7, 11) is 0. The van der Waals surface area contributed by atoms with Crippen molar-refractivity contribution >= 4 is 23.4 Å².